The molecule has 1 aromatic carbocycles. The van der Waals surface area contributed by atoms with Crippen molar-refractivity contribution in [3.05, 3.63) is 62.0 Å². The van der Waals surface area contributed by atoms with Gasteiger partial charge in [-0.05, 0) is 44.5 Å². The molecule has 168 valence electrons. The van der Waals surface area contributed by atoms with Crippen molar-refractivity contribution >= 4 is 29.3 Å². The molecule has 1 aromatic heterocycles. The molecule has 1 amide bonds. The Bertz CT molecular complexity index is 1010. The molecule has 1 fully saturated rings. The molecule has 31 heavy (non-hydrogen) atoms. The van der Waals surface area contributed by atoms with E-state index in [2.05, 4.69) is 4.90 Å². The van der Waals surface area contributed by atoms with Crippen molar-refractivity contribution in [1.29, 1.82) is 0 Å². The molecule has 0 saturated carbocycles. The summed E-state index contributed by atoms with van der Waals surface area (Å²) < 4.78 is 6.82. The number of aromatic hydroxyl groups is 1. The van der Waals surface area contributed by atoms with Gasteiger partial charge in [-0.1, -0.05) is 29.3 Å². The van der Waals surface area contributed by atoms with E-state index in [4.69, 9.17) is 27.9 Å². The summed E-state index contributed by atoms with van der Waals surface area (Å²) >= 11 is 12.1. The van der Waals surface area contributed by atoms with E-state index in [0.717, 1.165) is 5.56 Å². The first kappa shape index (κ1) is 23.4. The lowest BCUT2D eigenvalue weighted by atomic mass is 10.2. The highest BCUT2D eigenvalue weighted by Gasteiger charge is 2.26. The fourth-order valence-electron chi connectivity index (χ4n) is 3.34. The second-order valence-corrected chi connectivity index (χ2v) is 9.45. The number of halogens is 2. The minimum atomic E-state index is -0.528. The van der Waals surface area contributed by atoms with Crippen LogP contribution in [-0.4, -0.2) is 57.3 Å². The lowest BCUT2D eigenvalue weighted by Gasteiger charge is -2.35. The van der Waals surface area contributed by atoms with Gasteiger partial charge in [0.15, 0.2) is 5.75 Å². The number of hydrogen-bond donors (Lipinski definition) is 1. The molecule has 0 bridgehead atoms. The Kier molecular flexibility index (Phi) is 7.19. The predicted octanol–water partition coefficient (Wildman–Crippen LogP) is 3.96. The topological polar surface area (TPSA) is 75.0 Å². The maximum Gasteiger partial charge on any atom is 0.410 e. The molecular formula is C22H27Cl2N3O4. The predicted molar refractivity (Wildman–Crippen MR) is 121 cm³/mol. The molecule has 0 unspecified atom stereocenters. The fraction of sp³-hybridized carbons (Fsp3) is 0.455. The van der Waals surface area contributed by atoms with E-state index in [1.165, 1.54) is 4.57 Å². The summed E-state index contributed by atoms with van der Waals surface area (Å²) in [5, 5.41) is 11.5. The van der Waals surface area contributed by atoms with Gasteiger partial charge in [-0.2, -0.15) is 0 Å². The highest BCUT2D eigenvalue weighted by atomic mass is 35.5. The third-order valence-corrected chi connectivity index (χ3v) is 5.58. The van der Waals surface area contributed by atoms with Crippen LogP contribution < -0.4 is 5.56 Å². The van der Waals surface area contributed by atoms with Gasteiger partial charge in [0.05, 0.1) is 6.54 Å². The Morgan fingerprint density at radius 3 is 2.35 bits per heavy atom. The maximum atomic E-state index is 12.6. The molecule has 2 heterocycles. The van der Waals surface area contributed by atoms with Crippen LogP contribution in [0.3, 0.4) is 0 Å². The third-order valence-electron chi connectivity index (χ3n) is 5.00. The smallest absolute Gasteiger partial charge is 0.410 e. The van der Waals surface area contributed by atoms with E-state index >= 15 is 0 Å². The van der Waals surface area contributed by atoms with Crippen LogP contribution in [0.25, 0.3) is 0 Å². The Labute approximate surface area is 191 Å². The monoisotopic (exact) mass is 467 g/mol. The molecule has 0 aliphatic carbocycles. The van der Waals surface area contributed by atoms with Crippen LogP contribution >= 0.6 is 23.2 Å². The van der Waals surface area contributed by atoms with Crippen molar-refractivity contribution in [2.45, 2.75) is 39.5 Å². The summed E-state index contributed by atoms with van der Waals surface area (Å²) in [6, 6.07) is 6.82. The first-order valence-electron chi connectivity index (χ1n) is 10.1. The van der Waals surface area contributed by atoms with Crippen LogP contribution in [0.2, 0.25) is 10.0 Å². The molecule has 1 aliphatic heterocycles. The van der Waals surface area contributed by atoms with Crippen LogP contribution in [0.4, 0.5) is 4.79 Å². The minimum Gasteiger partial charge on any atom is -0.503 e. The van der Waals surface area contributed by atoms with E-state index in [1.54, 1.807) is 35.4 Å². The number of amides is 1. The Morgan fingerprint density at radius 1 is 1.06 bits per heavy atom. The van der Waals surface area contributed by atoms with Gasteiger partial charge >= 0.3 is 6.09 Å². The molecular weight excluding hydrogens is 441 g/mol. The summed E-state index contributed by atoms with van der Waals surface area (Å²) in [6.07, 6.45) is 1.33. The molecule has 0 atom stereocenters. The zero-order valence-corrected chi connectivity index (χ0v) is 19.4. The summed E-state index contributed by atoms with van der Waals surface area (Å²) in [7, 11) is 0. The lowest BCUT2D eigenvalue weighted by Crippen LogP contribution is -2.49. The summed E-state index contributed by atoms with van der Waals surface area (Å²) in [4.78, 5) is 28.6. The van der Waals surface area contributed by atoms with Gasteiger partial charge in [0, 0.05) is 54.5 Å². The van der Waals surface area contributed by atoms with Crippen molar-refractivity contribution in [2.24, 2.45) is 0 Å². The van der Waals surface area contributed by atoms with E-state index < -0.39 is 11.2 Å². The number of hydrogen-bond acceptors (Lipinski definition) is 5. The van der Waals surface area contributed by atoms with Gasteiger partial charge < -0.3 is 19.3 Å². The summed E-state index contributed by atoms with van der Waals surface area (Å²) in [6.45, 7) is 8.49. The third kappa shape index (κ3) is 6.15. The first-order valence-corrected chi connectivity index (χ1v) is 10.8. The number of piperazine rings is 1. The lowest BCUT2D eigenvalue weighted by molar-refractivity contribution is 0.0138. The first-order chi connectivity index (χ1) is 14.5. The van der Waals surface area contributed by atoms with Crippen molar-refractivity contribution in [1.82, 2.24) is 14.4 Å². The van der Waals surface area contributed by atoms with Gasteiger partial charge in [-0.25, -0.2) is 4.79 Å². The highest BCUT2D eigenvalue weighted by Crippen LogP contribution is 2.22. The SMILES string of the molecule is CC(C)(C)OC(=O)N1CCN(Cc2ccn(Cc3ccc(Cl)cc3Cl)c(=O)c2O)CC1. The number of carbonyl (C=O) groups excluding carboxylic acids is 1. The second kappa shape index (κ2) is 9.51. The normalized spacial score (nSPS) is 15.2. The maximum absolute atomic E-state index is 12.6. The van der Waals surface area contributed by atoms with Crippen molar-refractivity contribution < 1.29 is 14.6 Å². The van der Waals surface area contributed by atoms with Gasteiger partial charge in [0.1, 0.15) is 5.60 Å². The number of ether oxygens (including phenoxy) is 1. The molecule has 2 aromatic rings. The van der Waals surface area contributed by atoms with E-state index in [1.807, 2.05) is 20.8 Å². The highest BCUT2D eigenvalue weighted by molar-refractivity contribution is 6.35. The zero-order valence-electron chi connectivity index (χ0n) is 17.9. The Balaban J connectivity index is 1.63. The number of aromatic nitrogens is 1. The Morgan fingerprint density at radius 2 is 1.74 bits per heavy atom. The molecule has 9 heteroatoms. The number of pyridine rings is 1. The zero-order chi connectivity index (χ0) is 22.8. The minimum absolute atomic E-state index is 0.233. The molecule has 7 nitrogen and oxygen atoms in total. The molecule has 1 saturated heterocycles. The van der Waals surface area contributed by atoms with Gasteiger partial charge in [0.25, 0.3) is 5.56 Å². The van der Waals surface area contributed by atoms with Gasteiger partial charge in [-0.3, -0.25) is 9.69 Å². The largest absolute Gasteiger partial charge is 0.503 e. The van der Waals surface area contributed by atoms with E-state index in [-0.39, 0.29) is 18.4 Å². The van der Waals surface area contributed by atoms with Crippen molar-refractivity contribution in [3.8, 4) is 5.75 Å². The second-order valence-electron chi connectivity index (χ2n) is 8.60. The van der Waals surface area contributed by atoms with Crippen molar-refractivity contribution in [3.63, 3.8) is 0 Å². The number of benzene rings is 1. The fourth-order valence-corrected chi connectivity index (χ4v) is 3.81. The molecule has 3 rings (SSSR count). The number of rotatable bonds is 4. The molecule has 0 spiro atoms. The molecule has 1 N–H and O–H groups in total. The summed E-state index contributed by atoms with van der Waals surface area (Å²) in [5.74, 6) is -0.276. The van der Waals surface area contributed by atoms with Crippen LogP contribution in [-0.2, 0) is 17.8 Å². The van der Waals surface area contributed by atoms with Gasteiger partial charge in [0.2, 0.25) is 0 Å². The molecule has 0 radical (unpaired) electrons. The average molecular weight is 468 g/mol. The summed E-state index contributed by atoms with van der Waals surface area (Å²) in [5.41, 5.74) is 0.281. The number of nitrogens with zero attached hydrogens (tertiary/aromatic N) is 3. The standard InChI is InChI=1S/C22H27Cl2N3O4/c1-22(2,3)31-21(30)26-10-8-25(9-11-26)13-16-6-7-27(20(29)19(16)28)14-15-4-5-17(23)12-18(15)24/h4-7,12,28H,8-11,13-14H2,1-3H3. The number of carbonyl (C=O) groups is 1. The molecule has 1 aliphatic rings. The van der Waals surface area contributed by atoms with E-state index in [9.17, 15) is 14.7 Å². The van der Waals surface area contributed by atoms with Gasteiger partial charge in [-0.15, -0.1) is 0 Å². The van der Waals surface area contributed by atoms with E-state index in [0.29, 0.717) is 48.3 Å². The van der Waals surface area contributed by atoms with Crippen LogP contribution in [0, 0.1) is 0 Å². The average Bonchev–Trinajstić information content (AvgIpc) is 2.68. The van der Waals surface area contributed by atoms with Crippen LogP contribution in [0.1, 0.15) is 31.9 Å². The quantitative estimate of drug-likeness (QED) is 0.736. The Hall–Kier alpha value is -2.22. The van der Waals surface area contributed by atoms with Crippen molar-refractivity contribution in [2.75, 3.05) is 26.2 Å². The van der Waals surface area contributed by atoms with Crippen LogP contribution in [0.5, 0.6) is 5.75 Å². The van der Waals surface area contributed by atoms with Crippen LogP contribution in [0.15, 0.2) is 35.3 Å².